The van der Waals surface area contributed by atoms with Crippen LogP contribution in [0.4, 0.5) is 0 Å². The fraction of sp³-hybridized carbons (Fsp3) is 0.0714. The SMILES string of the molecule is Cc1ccc(-c2nnc(Cl)c3cccnc23)cc1. The molecule has 0 bridgehead atoms. The van der Waals surface area contributed by atoms with Crippen molar-refractivity contribution >= 4 is 22.5 Å². The standard InChI is InChI=1S/C14H10ClN3/c1-9-4-6-10(7-5-9)12-13-11(3-2-8-16-13)14(15)18-17-12/h2-8H,1H3. The molecule has 0 radical (unpaired) electrons. The summed E-state index contributed by atoms with van der Waals surface area (Å²) in [4.78, 5) is 4.35. The molecule has 18 heavy (non-hydrogen) atoms. The van der Waals surface area contributed by atoms with Crippen molar-refractivity contribution in [2.24, 2.45) is 0 Å². The topological polar surface area (TPSA) is 38.7 Å². The molecule has 1 aromatic carbocycles. The van der Waals surface area contributed by atoms with Crippen LogP contribution in [-0.2, 0) is 0 Å². The average molecular weight is 256 g/mol. The molecular formula is C14H10ClN3. The normalized spacial score (nSPS) is 10.8. The van der Waals surface area contributed by atoms with Gasteiger partial charge in [-0.05, 0) is 19.1 Å². The van der Waals surface area contributed by atoms with E-state index in [-0.39, 0.29) is 0 Å². The minimum Gasteiger partial charge on any atom is -0.254 e. The van der Waals surface area contributed by atoms with Crippen molar-refractivity contribution in [1.29, 1.82) is 0 Å². The molecule has 0 fully saturated rings. The zero-order valence-corrected chi connectivity index (χ0v) is 10.5. The van der Waals surface area contributed by atoms with Gasteiger partial charge in [-0.3, -0.25) is 4.98 Å². The largest absolute Gasteiger partial charge is 0.254 e. The summed E-state index contributed by atoms with van der Waals surface area (Å²) in [6, 6.07) is 11.9. The molecule has 0 aliphatic carbocycles. The minimum absolute atomic E-state index is 0.383. The van der Waals surface area contributed by atoms with E-state index in [2.05, 4.69) is 15.2 Å². The molecule has 3 nitrogen and oxygen atoms in total. The van der Waals surface area contributed by atoms with E-state index in [4.69, 9.17) is 11.6 Å². The molecule has 0 spiro atoms. The number of rotatable bonds is 1. The van der Waals surface area contributed by atoms with Crippen molar-refractivity contribution in [1.82, 2.24) is 15.2 Å². The Morgan fingerprint density at radius 2 is 1.78 bits per heavy atom. The predicted octanol–water partition coefficient (Wildman–Crippen LogP) is 3.65. The summed E-state index contributed by atoms with van der Waals surface area (Å²) in [5.41, 5.74) is 3.74. The number of aromatic nitrogens is 3. The number of halogens is 1. The Morgan fingerprint density at radius 1 is 1.00 bits per heavy atom. The van der Waals surface area contributed by atoms with Crippen LogP contribution in [0.1, 0.15) is 5.56 Å². The van der Waals surface area contributed by atoms with Crippen molar-refractivity contribution < 1.29 is 0 Å². The summed E-state index contributed by atoms with van der Waals surface area (Å²) in [6.45, 7) is 2.05. The van der Waals surface area contributed by atoms with Gasteiger partial charge in [-0.25, -0.2) is 0 Å². The quantitative estimate of drug-likeness (QED) is 0.666. The fourth-order valence-corrected chi connectivity index (χ4v) is 2.05. The van der Waals surface area contributed by atoms with Crippen LogP contribution in [0, 0.1) is 6.92 Å². The lowest BCUT2D eigenvalue weighted by atomic mass is 10.1. The molecule has 0 atom stereocenters. The highest BCUT2D eigenvalue weighted by Gasteiger charge is 2.10. The van der Waals surface area contributed by atoms with E-state index in [9.17, 15) is 0 Å². The molecular weight excluding hydrogens is 246 g/mol. The first kappa shape index (κ1) is 11.1. The van der Waals surface area contributed by atoms with Gasteiger partial charge in [0.25, 0.3) is 0 Å². The second-order valence-corrected chi connectivity index (χ2v) is 4.46. The lowest BCUT2D eigenvalue weighted by molar-refractivity contribution is 1.05. The number of aryl methyl sites for hydroxylation is 1. The van der Waals surface area contributed by atoms with Crippen molar-refractivity contribution in [3.05, 3.63) is 53.3 Å². The van der Waals surface area contributed by atoms with Gasteiger partial charge >= 0.3 is 0 Å². The maximum atomic E-state index is 6.03. The molecule has 0 aliphatic heterocycles. The molecule has 2 heterocycles. The van der Waals surface area contributed by atoms with Crippen molar-refractivity contribution in [3.63, 3.8) is 0 Å². The molecule has 0 unspecified atom stereocenters. The third-order valence-corrected chi connectivity index (χ3v) is 3.10. The monoisotopic (exact) mass is 255 g/mol. The molecule has 88 valence electrons. The Hall–Kier alpha value is -2.00. The second-order valence-electron chi connectivity index (χ2n) is 4.11. The lowest BCUT2D eigenvalue weighted by Gasteiger charge is -2.05. The summed E-state index contributed by atoms with van der Waals surface area (Å²) >= 11 is 6.03. The Balaban J connectivity index is 2.30. The van der Waals surface area contributed by atoms with Gasteiger partial charge in [0.1, 0.15) is 11.2 Å². The van der Waals surface area contributed by atoms with Crippen LogP contribution >= 0.6 is 11.6 Å². The Bertz CT molecular complexity index is 708. The Labute approximate surface area is 109 Å². The molecule has 0 N–H and O–H groups in total. The predicted molar refractivity (Wildman–Crippen MR) is 72.5 cm³/mol. The molecule has 0 saturated carbocycles. The van der Waals surface area contributed by atoms with E-state index in [0.717, 1.165) is 22.2 Å². The summed E-state index contributed by atoms with van der Waals surface area (Å²) in [7, 11) is 0. The highest BCUT2D eigenvalue weighted by Crippen LogP contribution is 2.27. The molecule has 2 aromatic heterocycles. The van der Waals surface area contributed by atoms with Gasteiger partial charge in [0, 0.05) is 17.1 Å². The van der Waals surface area contributed by atoms with Crippen molar-refractivity contribution in [2.45, 2.75) is 6.92 Å². The van der Waals surface area contributed by atoms with E-state index in [1.165, 1.54) is 5.56 Å². The van der Waals surface area contributed by atoms with E-state index in [1.807, 2.05) is 43.3 Å². The summed E-state index contributed by atoms with van der Waals surface area (Å²) < 4.78 is 0. The maximum Gasteiger partial charge on any atom is 0.161 e. The summed E-state index contributed by atoms with van der Waals surface area (Å²) in [5, 5.41) is 9.35. The van der Waals surface area contributed by atoms with E-state index in [1.54, 1.807) is 6.20 Å². The third kappa shape index (κ3) is 1.83. The van der Waals surface area contributed by atoms with Crippen LogP contribution in [-0.4, -0.2) is 15.2 Å². The van der Waals surface area contributed by atoms with Gasteiger partial charge in [-0.1, -0.05) is 41.4 Å². The number of hydrogen-bond acceptors (Lipinski definition) is 3. The zero-order chi connectivity index (χ0) is 12.5. The molecule has 0 aliphatic rings. The van der Waals surface area contributed by atoms with Crippen LogP contribution in [0.5, 0.6) is 0 Å². The number of benzene rings is 1. The average Bonchev–Trinajstić information content (AvgIpc) is 2.41. The zero-order valence-electron chi connectivity index (χ0n) is 9.76. The maximum absolute atomic E-state index is 6.03. The van der Waals surface area contributed by atoms with Crippen molar-refractivity contribution in [2.75, 3.05) is 0 Å². The first-order valence-electron chi connectivity index (χ1n) is 5.59. The van der Waals surface area contributed by atoms with E-state index in [0.29, 0.717) is 5.15 Å². The molecule has 3 aromatic rings. The fourth-order valence-electron chi connectivity index (χ4n) is 1.86. The highest BCUT2D eigenvalue weighted by atomic mass is 35.5. The molecule has 3 rings (SSSR count). The first-order valence-corrected chi connectivity index (χ1v) is 5.97. The smallest absolute Gasteiger partial charge is 0.161 e. The van der Waals surface area contributed by atoms with Crippen LogP contribution in [0.3, 0.4) is 0 Å². The van der Waals surface area contributed by atoms with E-state index < -0.39 is 0 Å². The van der Waals surface area contributed by atoms with Crippen LogP contribution in [0.25, 0.3) is 22.2 Å². The third-order valence-electron chi connectivity index (χ3n) is 2.82. The number of hydrogen-bond donors (Lipinski definition) is 0. The summed E-state index contributed by atoms with van der Waals surface area (Å²) in [5.74, 6) is 0. The number of fused-ring (bicyclic) bond motifs is 1. The second kappa shape index (κ2) is 4.35. The van der Waals surface area contributed by atoms with Crippen LogP contribution in [0.2, 0.25) is 5.15 Å². The van der Waals surface area contributed by atoms with Crippen LogP contribution < -0.4 is 0 Å². The van der Waals surface area contributed by atoms with Crippen molar-refractivity contribution in [3.8, 4) is 11.3 Å². The van der Waals surface area contributed by atoms with Gasteiger partial charge in [0.05, 0.1) is 0 Å². The first-order chi connectivity index (χ1) is 8.75. The highest BCUT2D eigenvalue weighted by molar-refractivity contribution is 6.34. The van der Waals surface area contributed by atoms with E-state index >= 15 is 0 Å². The molecule has 0 amide bonds. The minimum atomic E-state index is 0.383. The summed E-state index contributed by atoms with van der Waals surface area (Å²) in [6.07, 6.45) is 1.73. The van der Waals surface area contributed by atoms with Gasteiger partial charge in [0.2, 0.25) is 0 Å². The lowest BCUT2D eigenvalue weighted by Crippen LogP contribution is -1.93. The van der Waals surface area contributed by atoms with Gasteiger partial charge in [-0.15, -0.1) is 10.2 Å². The Kier molecular flexibility index (Phi) is 2.68. The molecule has 4 heteroatoms. The molecule has 0 saturated heterocycles. The van der Waals surface area contributed by atoms with Gasteiger partial charge < -0.3 is 0 Å². The van der Waals surface area contributed by atoms with Gasteiger partial charge in [0.15, 0.2) is 5.15 Å². The number of pyridine rings is 1. The van der Waals surface area contributed by atoms with Gasteiger partial charge in [-0.2, -0.15) is 0 Å². The Morgan fingerprint density at radius 3 is 2.56 bits per heavy atom. The number of nitrogens with zero attached hydrogens (tertiary/aromatic N) is 3. The van der Waals surface area contributed by atoms with Crippen LogP contribution in [0.15, 0.2) is 42.6 Å².